The molecule has 0 radical (unpaired) electrons. The average molecular weight is 325 g/mol. The number of hydrogen-bond donors (Lipinski definition) is 0. The maximum Gasteiger partial charge on any atom is 0.327 e. The van der Waals surface area contributed by atoms with Gasteiger partial charge in [-0.15, -0.1) is 0 Å². The minimum atomic E-state index is -0.636. The molecule has 6 heteroatoms. The van der Waals surface area contributed by atoms with Crippen LogP contribution in [0.15, 0.2) is 41.0 Å². The largest absolute Gasteiger partial charge is 0.444 e. The molecule has 2 aromatic rings. The molecular weight excluding hydrogens is 306 g/mol. The molecule has 2 aliphatic rings. The summed E-state index contributed by atoms with van der Waals surface area (Å²) >= 11 is 0. The summed E-state index contributed by atoms with van der Waals surface area (Å²) in [4.78, 5) is 32.7. The predicted molar refractivity (Wildman–Crippen MR) is 86.8 cm³/mol. The number of carbonyl (C=O) groups excluding carboxylic acids is 2. The first-order chi connectivity index (χ1) is 11.6. The Hall–Kier alpha value is -2.63. The molecule has 3 amide bonds. The van der Waals surface area contributed by atoms with Crippen LogP contribution in [0.25, 0.3) is 11.5 Å². The van der Waals surface area contributed by atoms with Gasteiger partial charge in [-0.3, -0.25) is 9.69 Å². The lowest BCUT2D eigenvalue weighted by molar-refractivity contribution is -0.133. The van der Waals surface area contributed by atoms with Crippen LogP contribution < -0.4 is 0 Å². The Balaban J connectivity index is 1.57. The molecule has 1 aliphatic heterocycles. The van der Waals surface area contributed by atoms with Crippen LogP contribution in [0.4, 0.5) is 4.79 Å². The fourth-order valence-corrected chi connectivity index (χ4v) is 3.75. The summed E-state index contributed by atoms with van der Waals surface area (Å²) in [6.07, 6.45) is 4.98. The van der Waals surface area contributed by atoms with Crippen molar-refractivity contribution in [2.45, 2.75) is 37.8 Å². The average Bonchev–Trinajstić information content (AvgIpc) is 3.31. The van der Waals surface area contributed by atoms with E-state index in [-0.39, 0.29) is 18.5 Å². The Labute approximate surface area is 140 Å². The van der Waals surface area contributed by atoms with Crippen molar-refractivity contribution in [2.75, 3.05) is 7.05 Å². The van der Waals surface area contributed by atoms with Crippen LogP contribution in [0.1, 0.15) is 31.4 Å². The van der Waals surface area contributed by atoms with E-state index in [2.05, 4.69) is 4.98 Å². The van der Waals surface area contributed by atoms with E-state index in [0.717, 1.165) is 31.2 Å². The zero-order chi connectivity index (χ0) is 16.7. The van der Waals surface area contributed by atoms with Gasteiger partial charge in [0.25, 0.3) is 5.91 Å². The molecule has 24 heavy (non-hydrogen) atoms. The summed E-state index contributed by atoms with van der Waals surface area (Å²) in [6.45, 7) is 0.153. The Morgan fingerprint density at radius 2 is 1.88 bits per heavy atom. The van der Waals surface area contributed by atoms with Crippen molar-refractivity contribution in [1.29, 1.82) is 0 Å². The van der Waals surface area contributed by atoms with Gasteiger partial charge in [0.1, 0.15) is 11.8 Å². The lowest BCUT2D eigenvalue weighted by Gasteiger charge is -2.27. The van der Waals surface area contributed by atoms with Crippen LogP contribution in [-0.2, 0) is 11.3 Å². The number of rotatable bonds is 3. The van der Waals surface area contributed by atoms with E-state index in [4.69, 9.17) is 4.42 Å². The zero-order valence-electron chi connectivity index (χ0n) is 13.6. The van der Waals surface area contributed by atoms with Crippen molar-refractivity contribution in [2.24, 2.45) is 0 Å². The second kappa shape index (κ2) is 5.47. The second-order valence-corrected chi connectivity index (χ2v) is 6.48. The van der Waals surface area contributed by atoms with Crippen LogP contribution in [0.3, 0.4) is 0 Å². The Morgan fingerprint density at radius 1 is 1.17 bits per heavy atom. The molecule has 2 heterocycles. The first kappa shape index (κ1) is 14.9. The summed E-state index contributed by atoms with van der Waals surface area (Å²) in [5.41, 5.74) is 0.814. The first-order valence-corrected chi connectivity index (χ1v) is 8.21. The van der Waals surface area contributed by atoms with E-state index in [1.165, 1.54) is 11.2 Å². The van der Waals surface area contributed by atoms with Gasteiger partial charge in [-0.05, 0) is 25.0 Å². The van der Waals surface area contributed by atoms with E-state index in [9.17, 15) is 9.59 Å². The summed E-state index contributed by atoms with van der Waals surface area (Å²) in [7, 11) is 1.73. The third-order valence-electron chi connectivity index (χ3n) is 5.13. The number of imide groups is 1. The van der Waals surface area contributed by atoms with Gasteiger partial charge in [0.15, 0.2) is 0 Å². The van der Waals surface area contributed by atoms with Gasteiger partial charge in [-0.25, -0.2) is 9.78 Å². The minimum Gasteiger partial charge on any atom is -0.444 e. The zero-order valence-corrected chi connectivity index (χ0v) is 13.6. The molecule has 1 aliphatic carbocycles. The molecule has 1 spiro atoms. The van der Waals surface area contributed by atoms with Gasteiger partial charge in [0.2, 0.25) is 5.89 Å². The topological polar surface area (TPSA) is 66.7 Å². The van der Waals surface area contributed by atoms with E-state index in [1.54, 1.807) is 11.9 Å². The molecule has 4 rings (SSSR count). The van der Waals surface area contributed by atoms with Crippen molar-refractivity contribution < 1.29 is 14.0 Å². The van der Waals surface area contributed by atoms with Gasteiger partial charge in [-0.2, -0.15) is 0 Å². The molecule has 6 nitrogen and oxygen atoms in total. The Kier molecular flexibility index (Phi) is 3.40. The number of hydrogen-bond acceptors (Lipinski definition) is 4. The van der Waals surface area contributed by atoms with Gasteiger partial charge in [-0.1, -0.05) is 31.0 Å². The van der Waals surface area contributed by atoms with Gasteiger partial charge >= 0.3 is 6.03 Å². The summed E-state index contributed by atoms with van der Waals surface area (Å²) in [5.74, 6) is 0.394. The molecule has 1 saturated heterocycles. The molecule has 0 bridgehead atoms. The highest BCUT2D eigenvalue weighted by molar-refractivity contribution is 6.07. The quantitative estimate of drug-likeness (QED) is 0.814. The van der Waals surface area contributed by atoms with Crippen LogP contribution in [0.5, 0.6) is 0 Å². The van der Waals surface area contributed by atoms with Crippen molar-refractivity contribution in [3.05, 3.63) is 42.3 Å². The number of oxazole rings is 1. The van der Waals surface area contributed by atoms with Crippen LogP contribution in [-0.4, -0.2) is 39.3 Å². The fourth-order valence-electron chi connectivity index (χ4n) is 3.75. The Bertz CT molecular complexity index is 778. The highest BCUT2D eigenvalue weighted by Crippen LogP contribution is 2.41. The third-order valence-corrected chi connectivity index (χ3v) is 5.13. The van der Waals surface area contributed by atoms with Crippen molar-refractivity contribution in [1.82, 2.24) is 14.8 Å². The molecule has 1 saturated carbocycles. The standard InChI is InChI=1S/C18H19N3O3/c1-20-17(23)21(16(22)18(20)9-5-6-10-18)11-14-12-24-15(19-14)13-7-3-2-4-8-13/h2-4,7-8,12H,5-6,9-11H2,1H3. The molecule has 2 fully saturated rings. The van der Waals surface area contributed by atoms with Crippen molar-refractivity contribution in [3.8, 4) is 11.5 Å². The van der Waals surface area contributed by atoms with Crippen LogP contribution >= 0.6 is 0 Å². The number of nitrogens with zero attached hydrogens (tertiary/aromatic N) is 3. The Morgan fingerprint density at radius 3 is 2.58 bits per heavy atom. The number of amides is 3. The number of carbonyl (C=O) groups is 2. The van der Waals surface area contributed by atoms with E-state index < -0.39 is 5.54 Å². The number of likely N-dealkylation sites (N-methyl/N-ethyl adjacent to an activating group) is 1. The van der Waals surface area contributed by atoms with Crippen LogP contribution in [0.2, 0.25) is 0 Å². The third kappa shape index (κ3) is 2.13. The molecule has 124 valence electrons. The second-order valence-electron chi connectivity index (χ2n) is 6.48. The molecule has 1 aromatic heterocycles. The molecule has 0 unspecified atom stereocenters. The molecule has 0 N–H and O–H groups in total. The van der Waals surface area contributed by atoms with Crippen molar-refractivity contribution >= 4 is 11.9 Å². The lowest BCUT2D eigenvalue weighted by atomic mass is 9.96. The fraction of sp³-hybridized carbons (Fsp3) is 0.389. The van der Waals surface area contributed by atoms with E-state index in [0.29, 0.717) is 11.6 Å². The highest BCUT2D eigenvalue weighted by atomic mass is 16.3. The molecule has 0 atom stereocenters. The first-order valence-electron chi connectivity index (χ1n) is 8.21. The molecular formula is C18H19N3O3. The predicted octanol–water partition coefficient (Wildman–Crippen LogP) is 3.05. The SMILES string of the molecule is CN1C(=O)N(Cc2coc(-c3ccccc3)n2)C(=O)C12CCCC2. The minimum absolute atomic E-state index is 0.100. The monoisotopic (exact) mass is 325 g/mol. The number of aromatic nitrogens is 1. The maximum absolute atomic E-state index is 12.8. The summed E-state index contributed by atoms with van der Waals surface area (Å²) in [6, 6.07) is 9.31. The van der Waals surface area contributed by atoms with Crippen LogP contribution in [0, 0.1) is 0 Å². The van der Waals surface area contributed by atoms with Gasteiger partial charge in [0, 0.05) is 12.6 Å². The smallest absolute Gasteiger partial charge is 0.327 e. The maximum atomic E-state index is 12.8. The summed E-state index contributed by atoms with van der Waals surface area (Å²) < 4.78 is 5.50. The van der Waals surface area contributed by atoms with Gasteiger partial charge < -0.3 is 9.32 Å². The lowest BCUT2D eigenvalue weighted by Crippen LogP contribution is -2.45. The van der Waals surface area contributed by atoms with E-state index >= 15 is 0 Å². The normalized spacial score (nSPS) is 19.7. The number of benzene rings is 1. The van der Waals surface area contributed by atoms with E-state index in [1.807, 2.05) is 30.3 Å². The summed E-state index contributed by atoms with van der Waals surface area (Å²) in [5, 5.41) is 0. The number of urea groups is 1. The van der Waals surface area contributed by atoms with Gasteiger partial charge in [0.05, 0.1) is 12.2 Å². The highest BCUT2D eigenvalue weighted by Gasteiger charge is 2.56. The molecule has 1 aromatic carbocycles. The van der Waals surface area contributed by atoms with Crippen molar-refractivity contribution in [3.63, 3.8) is 0 Å².